The van der Waals surface area contributed by atoms with Crippen LogP contribution in [-0.4, -0.2) is 31.8 Å². The van der Waals surface area contributed by atoms with Crippen molar-refractivity contribution in [1.82, 2.24) is 0 Å². The van der Waals surface area contributed by atoms with Crippen LogP contribution in [0.25, 0.3) is 0 Å². The lowest BCUT2D eigenvalue weighted by Gasteiger charge is -2.09. The number of carbonyl (C=O) groups is 2. The van der Waals surface area contributed by atoms with Crippen LogP contribution in [-0.2, 0) is 9.53 Å². The molecule has 0 spiro atoms. The Morgan fingerprint density at radius 2 is 1.93 bits per heavy atom. The van der Waals surface area contributed by atoms with Crippen molar-refractivity contribution in [3.05, 3.63) is 52.5 Å². The number of carbonyl (C=O) groups excluding carboxylic acids is 2. The van der Waals surface area contributed by atoms with E-state index in [9.17, 15) is 9.59 Å². The second-order valence-electron chi connectivity index (χ2n) is 6.01. The molecule has 0 bridgehead atoms. The van der Waals surface area contributed by atoms with Gasteiger partial charge in [0.1, 0.15) is 5.75 Å². The van der Waals surface area contributed by atoms with Crippen LogP contribution in [0.5, 0.6) is 17.2 Å². The molecule has 142 valence electrons. The van der Waals surface area contributed by atoms with E-state index in [0.29, 0.717) is 35.1 Å². The lowest BCUT2D eigenvalue weighted by molar-refractivity contribution is -0.142. The van der Waals surface area contributed by atoms with Crippen LogP contribution in [0.2, 0.25) is 5.02 Å². The molecule has 0 saturated carbocycles. The van der Waals surface area contributed by atoms with Crippen molar-refractivity contribution in [3.8, 4) is 17.2 Å². The van der Waals surface area contributed by atoms with Crippen LogP contribution >= 0.6 is 11.6 Å². The lowest BCUT2D eigenvalue weighted by Crippen LogP contribution is -2.14. The fourth-order valence-electron chi connectivity index (χ4n) is 2.54. The maximum absolute atomic E-state index is 12.1. The van der Waals surface area contributed by atoms with Crippen LogP contribution in [0, 0.1) is 6.92 Å². The van der Waals surface area contributed by atoms with Crippen molar-refractivity contribution >= 4 is 23.4 Å². The predicted octanol–water partition coefficient (Wildman–Crippen LogP) is 3.96. The van der Waals surface area contributed by atoms with E-state index in [4.69, 9.17) is 30.5 Å². The smallest absolute Gasteiger partial charge is 0.306 e. The van der Waals surface area contributed by atoms with E-state index in [1.165, 1.54) is 0 Å². The summed E-state index contributed by atoms with van der Waals surface area (Å²) in [5.41, 5.74) is 1.34. The van der Waals surface area contributed by atoms with Crippen LogP contribution in [0.4, 0.5) is 0 Å². The zero-order chi connectivity index (χ0) is 19.2. The average Bonchev–Trinajstić information content (AvgIpc) is 3.12. The number of Topliss-reactive ketones (excluding diaryl/α,β-unsaturated/α-hetero) is 1. The predicted molar refractivity (Wildman–Crippen MR) is 98.8 cm³/mol. The summed E-state index contributed by atoms with van der Waals surface area (Å²) in [5.74, 6) is 1.10. The lowest BCUT2D eigenvalue weighted by atomic mass is 10.1. The number of ether oxygens (including phenoxy) is 4. The first-order valence-corrected chi connectivity index (χ1v) is 8.88. The molecule has 3 rings (SSSR count). The molecule has 0 radical (unpaired) electrons. The number of benzene rings is 2. The van der Waals surface area contributed by atoms with Gasteiger partial charge in [0.05, 0.1) is 6.61 Å². The molecular formula is C20H19ClO6. The molecular weight excluding hydrogens is 372 g/mol. The molecule has 1 aliphatic heterocycles. The fourth-order valence-corrected chi connectivity index (χ4v) is 2.77. The number of fused-ring (bicyclic) bond motifs is 1. The molecule has 0 saturated heterocycles. The van der Waals surface area contributed by atoms with Gasteiger partial charge in [-0.2, -0.15) is 0 Å². The first kappa shape index (κ1) is 19.0. The van der Waals surface area contributed by atoms with Gasteiger partial charge in [0.2, 0.25) is 6.79 Å². The summed E-state index contributed by atoms with van der Waals surface area (Å²) in [4.78, 5) is 23.9. The summed E-state index contributed by atoms with van der Waals surface area (Å²) in [6.45, 7) is 2.10. The van der Waals surface area contributed by atoms with E-state index in [0.717, 1.165) is 11.3 Å². The molecule has 0 N–H and O–H groups in total. The number of esters is 1. The third kappa shape index (κ3) is 5.14. The highest BCUT2D eigenvalue weighted by Gasteiger charge is 2.17. The van der Waals surface area contributed by atoms with E-state index in [2.05, 4.69) is 0 Å². The Bertz CT molecular complexity index is 848. The molecule has 1 aliphatic rings. The Hall–Kier alpha value is -2.73. The quantitative estimate of drug-likeness (QED) is 0.386. The van der Waals surface area contributed by atoms with E-state index in [-0.39, 0.29) is 25.6 Å². The molecule has 2 aromatic carbocycles. The maximum atomic E-state index is 12.1. The number of aryl methyl sites for hydroxylation is 1. The summed E-state index contributed by atoms with van der Waals surface area (Å²) in [5, 5.41) is 0.649. The molecule has 1 heterocycles. The molecule has 0 aliphatic carbocycles. The third-order valence-electron chi connectivity index (χ3n) is 3.98. The normalized spacial score (nSPS) is 11.9. The Morgan fingerprint density at radius 3 is 2.74 bits per heavy atom. The molecule has 2 aromatic rings. The third-order valence-corrected chi connectivity index (χ3v) is 4.21. The summed E-state index contributed by atoms with van der Waals surface area (Å²) in [7, 11) is 0. The Labute approximate surface area is 161 Å². The number of ketones is 1. The van der Waals surface area contributed by atoms with Crippen LogP contribution in [0.15, 0.2) is 36.4 Å². The molecule has 7 heteroatoms. The first-order valence-electron chi connectivity index (χ1n) is 8.50. The summed E-state index contributed by atoms with van der Waals surface area (Å²) < 4.78 is 21.1. The molecule has 0 aromatic heterocycles. The maximum Gasteiger partial charge on any atom is 0.306 e. The van der Waals surface area contributed by atoms with Crippen LogP contribution < -0.4 is 14.2 Å². The molecule has 6 nitrogen and oxygen atoms in total. The largest absolute Gasteiger partial charge is 0.493 e. The SMILES string of the molecule is Cc1cc(Cl)ccc1OCCCC(=O)OCC(=O)c1ccc2c(c1)OCO2. The van der Waals surface area contributed by atoms with Gasteiger partial charge in [0.25, 0.3) is 0 Å². The van der Waals surface area contributed by atoms with Crippen molar-refractivity contribution in [3.63, 3.8) is 0 Å². The number of hydrogen-bond donors (Lipinski definition) is 0. The van der Waals surface area contributed by atoms with Gasteiger partial charge in [-0.15, -0.1) is 0 Å². The van der Waals surface area contributed by atoms with Crippen LogP contribution in [0.1, 0.15) is 28.8 Å². The van der Waals surface area contributed by atoms with Gasteiger partial charge in [-0.05, 0) is 55.3 Å². The minimum atomic E-state index is -0.444. The molecule has 27 heavy (non-hydrogen) atoms. The van der Waals surface area contributed by atoms with E-state index in [1.807, 2.05) is 13.0 Å². The van der Waals surface area contributed by atoms with Gasteiger partial charge in [-0.25, -0.2) is 0 Å². The molecule has 0 fully saturated rings. The fraction of sp³-hybridized carbons (Fsp3) is 0.300. The molecule has 0 amide bonds. The standard InChI is InChI=1S/C20H19ClO6/c1-13-9-15(21)5-7-17(13)24-8-2-3-20(23)25-11-16(22)14-4-6-18-19(10-14)27-12-26-18/h4-7,9-10H,2-3,8,11-12H2,1H3. The molecule has 0 unspecified atom stereocenters. The van der Waals surface area contributed by atoms with Crippen molar-refractivity contribution in [2.75, 3.05) is 20.0 Å². The highest BCUT2D eigenvalue weighted by atomic mass is 35.5. The summed E-state index contributed by atoms with van der Waals surface area (Å²) in [6, 6.07) is 10.2. The molecule has 0 atom stereocenters. The minimum Gasteiger partial charge on any atom is -0.493 e. The van der Waals surface area contributed by atoms with Gasteiger partial charge in [-0.3, -0.25) is 9.59 Å². The zero-order valence-corrected chi connectivity index (χ0v) is 15.6. The summed E-state index contributed by atoms with van der Waals surface area (Å²) >= 11 is 5.89. The Morgan fingerprint density at radius 1 is 1.11 bits per heavy atom. The van der Waals surface area contributed by atoms with Crippen molar-refractivity contribution in [2.24, 2.45) is 0 Å². The van der Waals surface area contributed by atoms with Gasteiger partial charge in [0.15, 0.2) is 23.9 Å². The number of halogens is 1. The number of rotatable bonds is 8. The topological polar surface area (TPSA) is 71.1 Å². The zero-order valence-electron chi connectivity index (χ0n) is 14.8. The highest BCUT2D eigenvalue weighted by molar-refractivity contribution is 6.30. The monoisotopic (exact) mass is 390 g/mol. The van der Waals surface area contributed by atoms with Crippen molar-refractivity contribution in [2.45, 2.75) is 19.8 Å². The van der Waals surface area contributed by atoms with Gasteiger partial charge >= 0.3 is 5.97 Å². The number of hydrogen-bond acceptors (Lipinski definition) is 6. The van der Waals surface area contributed by atoms with E-state index >= 15 is 0 Å². The van der Waals surface area contributed by atoms with Gasteiger partial charge in [-0.1, -0.05) is 11.6 Å². The van der Waals surface area contributed by atoms with Crippen molar-refractivity contribution < 1.29 is 28.5 Å². The minimum absolute atomic E-state index is 0.138. The Balaban J connectivity index is 1.37. The van der Waals surface area contributed by atoms with Crippen molar-refractivity contribution in [1.29, 1.82) is 0 Å². The highest BCUT2D eigenvalue weighted by Crippen LogP contribution is 2.32. The first-order chi connectivity index (χ1) is 13.0. The second kappa shape index (κ2) is 8.77. The average molecular weight is 391 g/mol. The van der Waals surface area contributed by atoms with Gasteiger partial charge < -0.3 is 18.9 Å². The van der Waals surface area contributed by atoms with E-state index in [1.54, 1.807) is 30.3 Å². The van der Waals surface area contributed by atoms with E-state index < -0.39 is 5.97 Å². The van der Waals surface area contributed by atoms with Crippen LogP contribution in [0.3, 0.4) is 0 Å². The summed E-state index contributed by atoms with van der Waals surface area (Å²) in [6.07, 6.45) is 0.653. The van der Waals surface area contributed by atoms with Gasteiger partial charge in [0, 0.05) is 17.0 Å². The second-order valence-corrected chi connectivity index (χ2v) is 6.45. The Kier molecular flexibility index (Phi) is 6.19.